The second-order valence-electron chi connectivity index (χ2n) is 8.24. The van der Waals surface area contributed by atoms with Gasteiger partial charge in [0, 0.05) is 25.9 Å². The molecule has 4 rings (SSSR count). The fraction of sp³-hybridized carbons (Fsp3) is 0.550. The number of anilines is 1. The Bertz CT molecular complexity index is 976. The molecule has 3 heterocycles. The summed E-state index contributed by atoms with van der Waals surface area (Å²) in [7, 11) is -2.97. The van der Waals surface area contributed by atoms with Gasteiger partial charge < -0.3 is 10.2 Å². The van der Waals surface area contributed by atoms with Crippen molar-refractivity contribution in [3.05, 3.63) is 29.8 Å². The number of hydrogen-bond donors (Lipinski definition) is 1. The van der Waals surface area contributed by atoms with Crippen molar-refractivity contribution in [3.63, 3.8) is 0 Å². The highest BCUT2D eigenvalue weighted by Gasteiger charge is 2.52. The topological polar surface area (TPSA) is 104 Å². The van der Waals surface area contributed by atoms with Crippen molar-refractivity contribution in [1.82, 2.24) is 10.2 Å². The monoisotopic (exact) mass is 419 g/mol. The molecular weight excluding hydrogens is 394 g/mol. The molecule has 8 nitrogen and oxygen atoms in total. The molecule has 3 aliphatic heterocycles. The van der Waals surface area contributed by atoms with E-state index >= 15 is 0 Å². The van der Waals surface area contributed by atoms with E-state index in [4.69, 9.17) is 0 Å². The molecule has 0 bridgehead atoms. The summed E-state index contributed by atoms with van der Waals surface area (Å²) in [5, 5.41) is 2.80. The molecule has 29 heavy (non-hydrogen) atoms. The largest absolute Gasteiger partial charge is 0.356 e. The molecule has 2 saturated heterocycles. The van der Waals surface area contributed by atoms with Crippen LogP contribution >= 0.6 is 0 Å². The molecule has 1 aromatic rings. The van der Waals surface area contributed by atoms with Gasteiger partial charge in [-0.3, -0.25) is 19.3 Å². The number of nitrogens with zero attached hydrogens (tertiary/aromatic N) is 2. The van der Waals surface area contributed by atoms with Crippen LogP contribution in [0.5, 0.6) is 0 Å². The molecule has 156 valence electrons. The van der Waals surface area contributed by atoms with Crippen LogP contribution in [0.15, 0.2) is 24.3 Å². The lowest BCUT2D eigenvalue weighted by atomic mass is 9.98. The summed E-state index contributed by atoms with van der Waals surface area (Å²) in [5.41, 5.74) is 0.324. The maximum atomic E-state index is 13.1. The highest BCUT2D eigenvalue weighted by molar-refractivity contribution is 7.91. The van der Waals surface area contributed by atoms with Gasteiger partial charge in [0.05, 0.1) is 22.8 Å². The standard InChI is InChI=1S/C20H25N3O5S/c1-20-9-6-18(25)23(20)16-5-3-2-4-15(16)19(26)22(20)10-7-17(24)21-12-14-8-11-29(27,28)13-14/h2-5,14H,6-13H2,1H3,(H,21,24). The highest BCUT2D eigenvalue weighted by Crippen LogP contribution is 2.43. The predicted molar refractivity (Wildman–Crippen MR) is 107 cm³/mol. The molecule has 2 unspecified atom stereocenters. The summed E-state index contributed by atoms with van der Waals surface area (Å²) >= 11 is 0. The molecule has 0 spiro atoms. The van der Waals surface area contributed by atoms with E-state index in [-0.39, 0.29) is 48.1 Å². The Kier molecular flexibility index (Phi) is 4.88. The van der Waals surface area contributed by atoms with Gasteiger partial charge in [-0.25, -0.2) is 8.42 Å². The van der Waals surface area contributed by atoms with Crippen molar-refractivity contribution < 1.29 is 22.8 Å². The second-order valence-corrected chi connectivity index (χ2v) is 10.5. The van der Waals surface area contributed by atoms with Crippen molar-refractivity contribution in [1.29, 1.82) is 0 Å². The lowest BCUT2D eigenvalue weighted by molar-refractivity contribution is -0.121. The smallest absolute Gasteiger partial charge is 0.257 e. The fourth-order valence-electron chi connectivity index (χ4n) is 4.63. The average molecular weight is 420 g/mol. The van der Waals surface area contributed by atoms with Gasteiger partial charge in [-0.15, -0.1) is 0 Å². The third kappa shape index (κ3) is 3.52. The predicted octanol–water partition coefficient (Wildman–Crippen LogP) is 0.926. The summed E-state index contributed by atoms with van der Waals surface area (Å²) < 4.78 is 23.1. The lowest BCUT2D eigenvalue weighted by Crippen LogP contribution is -2.62. The Balaban J connectivity index is 1.44. The van der Waals surface area contributed by atoms with Crippen molar-refractivity contribution in [2.75, 3.05) is 29.5 Å². The minimum absolute atomic E-state index is 0.0238. The third-order valence-corrected chi connectivity index (χ3v) is 8.06. The van der Waals surface area contributed by atoms with Crippen LogP contribution in [0.2, 0.25) is 0 Å². The first kappa shape index (κ1) is 19.9. The molecule has 9 heteroatoms. The van der Waals surface area contributed by atoms with Crippen molar-refractivity contribution in [3.8, 4) is 0 Å². The van der Waals surface area contributed by atoms with Crippen LogP contribution in [-0.2, 0) is 19.4 Å². The summed E-state index contributed by atoms with van der Waals surface area (Å²) in [6, 6.07) is 7.07. The lowest BCUT2D eigenvalue weighted by Gasteiger charge is -2.48. The molecule has 0 saturated carbocycles. The Labute approximate surface area is 170 Å². The van der Waals surface area contributed by atoms with E-state index < -0.39 is 15.5 Å². The number of rotatable bonds is 5. The van der Waals surface area contributed by atoms with E-state index in [9.17, 15) is 22.8 Å². The number of para-hydroxylation sites is 1. The molecule has 1 N–H and O–H groups in total. The molecule has 0 radical (unpaired) electrons. The molecule has 0 aliphatic carbocycles. The van der Waals surface area contributed by atoms with Crippen molar-refractivity contribution >= 4 is 33.2 Å². The number of carbonyl (C=O) groups is 3. The van der Waals surface area contributed by atoms with Crippen LogP contribution in [0.4, 0.5) is 5.69 Å². The maximum absolute atomic E-state index is 13.1. The Morgan fingerprint density at radius 3 is 2.76 bits per heavy atom. The first-order valence-electron chi connectivity index (χ1n) is 9.92. The van der Waals surface area contributed by atoms with E-state index in [1.165, 1.54) is 0 Å². The maximum Gasteiger partial charge on any atom is 0.257 e. The second kappa shape index (κ2) is 7.12. The zero-order chi connectivity index (χ0) is 20.8. The number of carbonyl (C=O) groups excluding carboxylic acids is 3. The van der Waals surface area contributed by atoms with E-state index in [2.05, 4.69) is 5.32 Å². The van der Waals surface area contributed by atoms with Crippen molar-refractivity contribution in [2.45, 2.75) is 38.3 Å². The molecule has 3 amide bonds. The van der Waals surface area contributed by atoms with Gasteiger partial charge in [-0.05, 0) is 37.8 Å². The summed E-state index contributed by atoms with van der Waals surface area (Å²) in [4.78, 5) is 41.3. The van der Waals surface area contributed by atoms with Gasteiger partial charge in [0.2, 0.25) is 11.8 Å². The molecular formula is C20H25N3O5S. The van der Waals surface area contributed by atoms with E-state index in [1.54, 1.807) is 28.0 Å². The quantitative estimate of drug-likeness (QED) is 0.765. The van der Waals surface area contributed by atoms with Gasteiger partial charge in [0.25, 0.3) is 5.91 Å². The normalized spacial score (nSPS) is 27.7. The summed E-state index contributed by atoms with van der Waals surface area (Å²) in [6.45, 7) is 2.39. The number of nitrogens with one attached hydrogen (secondary N) is 1. The van der Waals surface area contributed by atoms with E-state index in [0.717, 1.165) is 0 Å². The number of amides is 3. The number of sulfone groups is 1. The average Bonchev–Trinajstić information content (AvgIpc) is 3.18. The number of benzene rings is 1. The zero-order valence-electron chi connectivity index (χ0n) is 16.4. The fourth-order valence-corrected chi connectivity index (χ4v) is 6.50. The van der Waals surface area contributed by atoms with Gasteiger partial charge >= 0.3 is 0 Å². The first-order valence-corrected chi connectivity index (χ1v) is 11.7. The first-order chi connectivity index (χ1) is 13.7. The van der Waals surface area contributed by atoms with Crippen LogP contribution in [-0.4, -0.2) is 61.3 Å². The van der Waals surface area contributed by atoms with Crippen molar-refractivity contribution in [2.24, 2.45) is 5.92 Å². The van der Waals surface area contributed by atoms with Crippen LogP contribution in [0, 0.1) is 5.92 Å². The van der Waals surface area contributed by atoms with Gasteiger partial charge in [-0.2, -0.15) is 0 Å². The zero-order valence-corrected chi connectivity index (χ0v) is 17.2. The highest BCUT2D eigenvalue weighted by atomic mass is 32.2. The number of fused-ring (bicyclic) bond motifs is 3. The van der Waals surface area contributed by atoms with Crippen LogP contribution < -0.4 is 10.2 Å². The Morgan fingerprint density at radius 1 is 1.28 bits per heavy atom. The van der Waals surface area contributed by atoms with E-state index in [1.807, 2.05) is 13.0 Å². The van der Waals surface area contributed by atoms with Crippen LogP contribution in [0.3, 0.4) is 0 Å². The van der Waals surface area contributed by atoms with Gasteiger partial charge in [-0.1, -0.05) is 12.1 Å². The molecule has 1 aromatic carbocycles. The minimum Gasteiger partial charge on any atom is -0.356 e. The van der Waals surface area contributed by atoms with Crippen LogP contribution in [0.1, 0.15) is 43.0 Å². The van der Waals surface area contributed by atoms with E-state index in [0.29, 0.717) is 37.1 Å². The molecule has 2 atom stereocenters. The van der Waals surface area contributed by atoms with Gasteiger partial charge in [0.15, 0.2) is 9.84 Å². The Morgan fingerprint density at radius 2 is 2.03 bits per heavy atom. The van der Waals surface area contributed by atoms with Gasteiger partial charge in [0.1, 0.15) is 5.66 Å². The number of hydrogen-bond acceptors (Lipinski definition) is 5. The molecule has 0 aromatic heterocycles. The third-order valence-electron chi connectivity index (χ3n) is 6.22. The SMILES string of the molecule is CC12CCC(=O)N1c1ccccc1C(=O)N2CCC(=O)NCC1CCS(=O)(=O)C1. The minimum atomic E-state index is -2.97. The summed E-state index contributed by atoms with van der Waals surface area (Å²) in [6.07, 6.45) is 1.55. The molecule has 2 fully saturated rings. The Hall–Kier alpha value is -2.42. The molecule has 3 aliphatic rings. The summed E-state index contributed by atoms with van der Waals surface area (Å²) in [5.74, 6) is -0.178. The van der Waals surface area contributed by atoms with Crippen LogP contribution in [0.25, 0.3) is 0 Å².